The summed E-state index contributed by atoms with van der Waals surface area (Å²) in [6.45, 7) is 3.23. The van der Waals surface area contributed by atoms with Gasteiger partial charge < -0.3 is 14.8 Å². The first kappa shape index (κ1) is 22.5. The van der Waals surface area contributed by atoms with Crippen LogP contribution in [-0.4, -0.2) is 25.2 Å². The quantitative estimate of drug-likeness (QED) is 0.409. The molecule has 0 aliphatic carbocycles. The molecular formula is C24H31NO4. The Labute approximate surface area is 173 Å². The number of hydrogen-bond donors (Lipinski definition) is 1. The minimum atomic E-state index is -0.445. The van der Waals surface area contributed by atoms with Crippen molar-refractivity contribution in [2.75, 3.05) is 13.2 Å². The molecule has 0 spiro atoms. The van der Waals surface area contributed by atoms with Gasteiger partial charge in [0, 0.05) is 6.54 Å². The molecule has 0 saturated carbocycles. The lowest BCUT2D eigenvalue weighted by molar-refractivity contribution is -0.148. The molecule has 2 rings (SSSR count). The van der Waals surface area contributed by atoms with E-state index in [1.165, 1.54) is 0 Å². The second-order valence-electron chi connectivity index (χ2n) is 7.04. The molecule has 0 saturated heterocycles. The van der Waals surface area contributed by atoms with Gasteiger partial charge in [0.15, 0.2) is 0 Å². The maximum absolute atomic E-state index is 12.5. The molecule has 0 aromatic heterocycles. The van der Waals surface area contributed by atoms with Crippen LogP contribution in [0.1, 0.15) is 43.7 Å². The number of hydrogen-bond acceptors (Lipinski definition) is 4. The Balaban J connectivity index is 1.74. The van der Waals surface area contributed by atoms with Crippen molar-refractivity contribution in [3.63, 3.8) is 0 Å². The van der Waals surface area contributed by atoms with Crippen LogP contribution in [0.5, 0.6) is 0 Å². The van der Waals surface area contributed by atoms with E-state index in [0.29, 0.717) is 32.4 Å². The molecule has 5 heteroatoms. The third-order valence-corrected chi connectivity index (χ3v) is 4.61. The number of amides is 1. The summed E-state index contributed by atoms with van der Waals surface area (Å²) in [6.07, 6.45) is 3.40. The van der Waals surface area contributed by atoms with Crippen molar-refractivity contribution in [3.05, 3.63) is 71.8 Å². The SMILES string of the molecule is CCCCOC(=O)C(CCCNC(=O)OCc1ccccc1)Cc1ccccc1. The minimum absolute atomic E-state index is 0.158. The molecule has 1 unspecified atom stereocenters. The standard InChI is InChI=1S/C24H31NO4/c1-2-3-17-28-23(26)22(18-20-11-6-4-7-12-20)15-10-16-25-24(27)29-19-21-13-8-5-9-14-21/h4-9,11-14,22H,2-3,10,15-19H2,1H3,(H,25,27). The van der Waals surface area contributed by atoms with Crippen LogP contribution in [0.15, 0.2) is 60.7 Å². The highest BCUT2D eigenvalue weighted by Gasteiger charge is 2.20. The van der Waals surface area contributed by atoms with Crippen LogP contribution in [0.25, 0.3) is 0 Å². The number of benzene rings is 2. The van der Waals surface area contributed by atoms with Gasteiger partial charge in [0.1, 0.15) is 6.61 Å². The lowest BCUT2D eigenvalue weighted by Crippen LogP contribution is -2.27. The van der Waals surface area contributed by atoms with Crippen LogP contribution < -0.4 is 5.32 Å². The monoisotopic (exact) mass is 397 g/mol. The van der Waals surface area contributed by atoms with Crippen LogP contribution in [0.3, 0.4) is 0 Å². The summed E-state index contributed by atoms with van der Waals surface area (Å²) in [4.78, 5) is 24.3. The van der Waals surface area contributed by atoms with Crippen molar-refractivity contribution in [2.45, 2.75) is 45.6 Å². The topological polar surface area (TPSA) is 64.6 Å². The molecule has 1 N–H and O–H groups in total. The van der Waals surface area contributed by atoms with E-state index >= 15 is 0 Å². The summed E-state index contributed by atoms with van der Waals surface area (Å²) in [5.74, 6) is -0.370. The number of nitrogens with one attached hydrogen (secondary N) is 1. The summed E-state index contributed by atoms with van der Waals surface area (Å²) in [7, 11) is 0. The van der Waals surface area contributed by atoms with Gasteiger partial charge in [-0.2, -0.15) is 0 Å². The Morgan fingerprint density at radius 2 is 1.55 bits per heavy atom. The largest absolute Gasteiger partial charge is 0.465 e. The first-order chi connectivity index (χ1) is 14.2. The van der Waals surface area contributed by atoms with Crippen molar-refractivity contribution in [1.29, 1.82) is 0 Å². The molecule has 1 atom stereocenters. The first-order valence-electron chi connectivity index (χ1n) is 10.3. The minimum Gasteiger partial charge on any atom is -0.465 e. The van der Waals surface area contributed by atoms with Crippen molar-refractivity contribution in [2.24, 2.45) is 5.92 Å². The van der Waals surface area contributed by atoms with Crippen LogP contribution >= 0.6 is 0 Å². The molecule has 0 aliphatic rings. The Morgan fingerprint density at radius 1 is 0.897 bits per heavy atom. The number of carbonyl (C=O) groups excluding carboxylic acids is 2. The number of rotatable bonds is 12. The zero-order chi connectivity index (χ0) is 20.7. The molecule has 0 radical (unpaired) electrons. The molecule has 0 bridgehead atoms. The summed E-state index contributed by atoms with van der Waals surface area (Å²) >= 11 is 0. The zero-order valence-electron chi connectivity index (χ0n) is 17.1. The average Bonchev–Trinajstić information content (AvgIpc) is 2.76. The second kappa shape index (κ2) is 13.4. The van der Waals surface area contributed by atoms with Crippen LogP contribution in [-0.2, 0) is 27.3 Å². The summed E-state index contributed by atoms with van der Waals surface area (Å²) in [6, 6.07) is 19.5. The number of alkyl carbamates (subject to hydrolysis) is 1. The van der Waals surface area contributed by atoms with Gasteiger partial charge in [0.05, 0.1) is 12.5 Å². The predicted octanol–water partition coefficient (Wildman–Crippen LogP) is 4.90. The van der Waals surface area contributed by atoms with Gasteiger partial charge in [0.25, 0.3) is 0 Å². The van der Waals surface area contributed by atoms with Gasteiger partial charge in [-0.25, -0.2) is 4.79 Å². The fourth-order valence-corrected chi connectivity index (χ4v) is 2.95. The van der Waals surface area contributed by atoms with E-state index in [2.05, 4.69) is 12.2 Å². The molecule has 156 valence electrons. The van der Waals surface area contributed by atoms with Gasteiger partial charge in [-0.3, -0.25) is 4.79 Å². The smallest absolute Gasteiger partial charge is 0.407 e. The average molecular weight is 398 g/mol. The van der Waals surface area contributed by atoms with E-state index < -0.39 is 6.09 Å². The molecule has 5 nitrogen and oxygen atoms in total. The van der Waals surface area contributed by atoms with E-state index in [9.17, 15) is 9.59 Å². The van der Waals surface area contributed by atoms with Crippen LogP contribution in [0.4, 0.5) is 4.79 Å². The van der Waals surface area contributed by atoms with Crippen molar-refractivity contribution >= 4 is 12.1 Å². The molecule has 1 amide bonds. The fourth-order valence-electron chi connectivity index (χ4n) is 2.95. The maximum Gasteiger partial charge on any atom is 0.407 e. The van der Waals surface area contributed by atoms with Crippen molar-refractivity contribution in [1.82, 2.24) is 5.32 Å². The Morgan fingerprint density at radius 3 is 2.21 bits per heavy atom. The van der Waals surface area contributed by atoms with E-state index in [0.717, 1.165) is 24.0 Å². The molecule has 29 heavy (non-hydrogen) atoms. The van der Waals surface area contributed by atoms with Crippen molar-refractivity contribution in [3.8, 4) is 0 Å². The lowest BCUT2D eigenvalue weighted by atomic mass is 9.95. The first-order valence-corrected chi connectivity index (χ1v) is 10.3. The second-order valence-corrected chi connectivity index (χ2v) is 7.04. The van der Waals surface area contributed by atoms with E-state index in [1.54, 1.807) is 0 Å². The Bertz CT molecular complexity index is 718. The molecule has 2 aromatic carbocycles. The Hall–Kier alpha value is -2.82. The van der Waals surface area contributed by atoms with Gasteiger partial charge in [0.2, 0.25) is 0 Å². The highest BCUT2D eigenvalue weighted by Crippen LogP contribution is 2.16. The van der Waals surface area contributed by atoms with Gasteiger partial charge >= 0.3 is 12.1 Å². The van der Waals surface area contributed by atoms with E-state index in [1.807, 2.05) is 60.7 Å². The molecule has 0 heterocycles. The zero-order valence-corrected chi connectivity index (χ0v) is 17.1. The molecule has 0 aliphatic heterocycles. The molecular weight excluding hydrogens is 366 g/mol. The molecule has 2 aromatic rings. The Kier molecular flexibility index (Phi) is 10.4. The number of ether oxygens (including phenoxy) is 2. The van der Waals surface area contributed by atoms with Crippen LogP contribution in [0, 0.1) is 5.92 Å². The van der Waals surface area contributed by atoms with E-state index in [4.69, 9.17) is 9.47 Å². The molecule has 0 fully saturated rings. The van der Waals surface area contributed by atoms with Gasteiger partial charge in [-0.15, -0.1) is 0 Å². The third kappa shape index (κ3) is 9.28. The number of unbranched alkanes of at least 4 members (excludes halogenated alkanes) is 1. The van der Waals surface area contributed by atoms with Crippen molar-refractivity contribution < 1.29 is 19.1 Å². The van der Waals surface area contributed by atoms with Gasteiger partial charge in [-0.05, 0) is 36.8 Å². The summed E-state index contributed by atoms with van der Waals surface area (Å²) < 4.78 is 10.6. The highest BCUT2D eigenvalue weighted by atomic mass is 16.5. The van der Waals surface area contributed by atoms with E-state index in [-0.39, 0.29) is 18.5 Å². The lowest BCUT2D eigenvalue weighted by Gasteiger charge is -2.16. The van der Waals surface area contributed by atoms with Gasteiger partial charge in [-0.1, -0.05) is 74.0 Å². The maximum atomic E-state index is 12.5. The summed E-state index contributed by atoms with van der Waals surface area (Å²) in [5, 5.41) is 2.75. The number of carbonyl (C=O) groups is 2. The predicted molar refractivity (Wildman–Crippen MR) is 113 cm³/mol. The van der Waals surface area contributed by atoms with Crippen LogP contribution in [0.2, 0.25) is 0 Å². The normalized spacial score (nSPS) is 11.5. The number of esters is 1. The fraction of sp³-hybridized carbons (Fsp3) is 0.417. The highest BCUT2D eigenvalue weighted by molar-refractivity contribution is 5.72. The third-order valence-electron chi connectivity index (χ3n) is 4.61. The summed E-state index contributed by atoms with van der Waals surface area (Å²) in [5.41, 5.74) is 2.06.